The van der Waals surface area contributed by atoms with E-state index in [2.05, 4.69) is 10.7 Å². The Balaban J connectivity index is 2.26. The number of carbonyl (C=O) groups is 1. The highest BCUT2D eigenvalue weighted by Gasteiger charge is 2.11. The summed E-state index contributed by atoms with van der Waals surface area (Å²) >= 11 is 12.2. The third kappa shape index (κ3) is 3.47. The zero-order valence-electron chi connectivity index (χ0n) is 11.6. The second kappa shape index (κ2) is 6.35. The third-order valence-electron chi connectivity index (χ3n) is 3.14. The van der Waals surface area contributed by atoms with Gasteiger partial charge in [0.1, 0.15) is 0 Å². The number of carbonyl (C=O) groups excluding carboxylic acids is 1. The fourth-order valence-electron chi connectivity index (χ4n) is 1.90. The van der Waals surface area contributed by atoms with Gasteiger partial charge in [0.15, 0.2) is 0 Å². The summed E-state index contributed by atoms with van der Waals surface area (Å²) in [7, 11) is 0. The third-order valence-corrected chi connectivity index (χ3v) is 3.86. The van der Waals surface area contributed by atoms with Crippen molar-refractivity contribution in [2.75, 3.05) is 10.7 Å². The van der Waals surface area contributed by atoms with Crippen molar-refractivity contribution in [1.29, 1.82) is 0 Å². The van der Waals surface area contributed by atoms with Gasteiger partial charge in [0.2, 0.25) is 0 Å². The van der Waals surface area contributed by atoms with E-state index in [1.54, 1.807) is 30.3 Å². The highest BCUT2D eigenvalue weighted by atomic mass is 35.5. The predicted octanol–water partition coefficient (Wildman–Crippen LogP) is 4.15. The molecule has 6 heteroatoms. The molecule has 110 valence electrons. The lowest BCUT2D eigenvalue weighted by Crippen LogP contribution is -2.14. The molecule has 1 amide bonds. The summed E-state index contributed by atoms with van der Waals surface area (Å²) in [5.41, 5.74) is 6.05. The molecular weight excluding hydrogens is 309 g/mol. The van der Waals surface area contributed by atoms with Crippen molar-refractivity contribution in [3.05, 3.63) is 57.1 Å². The molecule has 0 atom stereocenters. The maximum Gasteiger partial charge on any atom is 0.255 e. The van der Waals surface area contributed by atoms with Crippen molar-refractivity contribution in [2.45, 2.75) is 13.8 Å². The Morgan fingerprint density at radius 3 is 2.33 bits per heavy atom. The zero-order chi connectivity index (χ0) is 15.6. The van der Waals surface area contributed by atoms with Crippen LogP contribution in [0.3, 0.4) is 0 Å². The molecule has 2 aromatic carbocycles. The number of hydrogen-bond acceptors (Lipinski definition) is 3. The molecule has 4 nitrogen and oxygen atoms in total. The summed E-state index contributed by atoms with van der Waals surface area (Å²) in [6.45, 7) is 3.71. The SMILES string of the molecule is Cc1cc(Cl)c(NC(=O)c2ccc(NN)c(C)c2)cc1Cl. The Hall–Kier alpha value is -1.75. The molecule has 21 heavy (non-hydrogen) atoms. The zero-order valence-corrected chi connectivity index (χ0v) is 13.1. The van der Waals surface area contributed by atoms with E-state index in [0.717, 1.165) is 16.8 Å². The van der Waals surface area contributed by atoms with Gasteiger partial charge >= 0.3 is 0 Å². The van der Waals surface area contributed by atoms with E-state index in [1.807, 2.05) is 13.8 Å². The Bertz CT molecular complexity index is 702. The van der Waals surface area contributed by atoms with Gasteiger partial charge in [-0.15, -0.1) is 0 Å². The van der Waals surface area contributed by atoms with Crippen molar-refractivity contribution in [3.8, 4) is 0 Å². The van der Waals surface area contributed by atoms with Crippen LogP contribution in [0, 0.1) is 13.8 Å². The largest absolute Gasteiger partial charge is 0.324 e. The second-order valence-electron chi connectivity index (χ2n) is 4.71. The number of nitrogen functional groups attached to an aromatic ring is 1. The van der Waals surface area contributed by atoms with Gasteiger partial charge < -0.3 is 10.7 Å². The van der Waals surface area contributed by atoms with Gasteiger partial charge in [-0.25, -0.2) is 0 Å². The van der Waals surface area contributed by atoms with Crippen molar-refractivity contribution < 1.29 is 4.79 Å². The monoisotopic (exact) mass is 323 g/mol. The van der Waals surface area contributed by atoms with Crippen molar-refractivity contribution in [1.82, 2.24) is 0 Å². The number of hydrazine groups is 1. The number of halogens is 2. The molecule has 0 bridgehead atoms. The minimum absolute atomic E-state index is 0.261. The molecule has 0 aliphatic rings. The van der Waals surface area contributed by atoms with E-state index in [1.165, 1.54) is 0 Å². The average Bonchev–Trinajstić information content (AvgIpc) is 2.44. The number of nitrogens with one attached hydrogen (secondary N) is 2. The average molecular weight is 324 g/mol. The predicted molar refractivity (Wildman–Crippen MR) is 88.1 cm³/mol. The van der Waals surface area contributed by atoms with Crippen LogP contribution in [0.15, 0.2) is 30.3 Å². The van der Waals surface area contributed by atoms with Gasteiger partial charge in [0.25, 0.3) is 5.91 Å². The standard InChI is InChI=1S/C15H15Cl2N3O/c1-8-6-12(17)14(7-11(8)16)19-15(21)10-3-4-13(20-18)9(2)5-10/h3-7,20H,18H2,1-2H3,(H,19,21). The summed E-state index contributed by atoms with van der Waals surface area (Å²) in [6.07, 6.45) is 0. The van der Waals surface area contributed by atoms with E-state index in [0.29, 0.717) is 21.3 Å². The van der Waals surface area contributed by atoms with Crippen molar-refractivity contribution in [2.24, 2.45) is 5.84 Å². The van der Waals surface area contributed by atoms with E-state index < -0.39 is 0 Å². The Labute approximate surface area is 133 Å². The smallest absolute Gasteiger partial charge is 0.255 e. The van der Waals surface area contributed by atoms with Crippen LogP contribution >= 0.6 is 23.2 Å². The lowest BCUT2D eigenvalue weighted by molar-refractivity contribution is 0.102. The molecular formula is C15H15Cl2N3O. The van der Waals surface area contributed by atoms with Gasteiger partial charge in [-0.1, -0.05) is 23.2 Å². The van der Waals surface area contributed by atoms with Crippen LogP contribution in [0.1, 0.15) is 21.5 Å². The van der Waals surface area contributed by atoms with E-state index in [-0.39, 0.29) is 5.91 Å². The first-order valence-corrected chi connectivity index (χ1v) is 7.02. The molecule has 0 fully saturated rings. The number of amides is 1. The molecule has 0 aromatic heterocycles. The van der Waals surface area contributed by atoms with E-state index in [4.69, 9.17) is 29.0 Å². The molecule has 0 spiro atoms. The van der Waals surface area contributed by atoms with Crippen molar-refractivity contribution >= 4 is 40.5 Å². The molecule has 2 rings (SSSR count). The molecule has 0 aliphatic heterocycles. The van der Waals surface area contributed by atoms with Gasteiger partial charge in [-0.2, -0.15) is 0 Å². The lowest BCUT2D eigenvalue weighted by atomic mass is 10.1. The maximum atomic E-state index is 12.2. The minimum Gasteiger partial charge on any atom is -0.324 e. The summed E-state index contributed by atoms with van der Waals surface area (Å²) in [5.74, 6) is 5.11. The summed E-state index contributed by atoms with van der Waals surface area (Å²) in [6, 6.07) is 8.52. The lowest BCUT2D eigenvalue weighted by Gasteiger charge is -2.11. The van der Waals surface area contributed by atoms with Gasteiger partial charge in [0, 0.05) is 10.6 Å². The summed E-state index contributed by atoms with van der Waals surface area (Å²) in [5, 5.41) is 3.75. The highest BCUT2D eigenvalue weighted by molar-refractivity contribution is 6.36. The van der Waals surface area contributed by atoms with Crippen LogP contribution in [0.5, 0.6) is 0 Å². The molecule has 2 aromatic rings. The normalized spacial score (nSPS) is 10.3. The Morgan fingerprint density at radius 1 is 1.00 bits per heavy atom. The molecule has 0 radical (unpaired) electrons. The molecule has 0 heterocycles. The number of hydrogen-bond donors (Lipinski definition) is 3. The highest BCUT2D eigenvalue weighted by Crippen LogP contribution is 2.29. The summed E-state index contributed by atoms with van der Waals surface area (Å²) < 4.78 is 0. The van der Waals surface area contributed by atoms with Crippen LogP contribution in [-0.2, 0) is 0 Å². The van der Waals surface area contributed by atoms with Crippen LogP contribution in [-0.4, -0.2) is 5.91 Å². The molecule has 0 unspecified atom stereocenters. The van der Waals surface area contributed by atoms with Crippen LogP contribution in [0.2, 0.25) is 10.0 Å². The fourth-order valence-corrected chi connectivity index (χ4v) is 2.33. The molecule has 0 saturated heterocycles. The number of benzene rings is 2. The number of anilines is 2. The Kier molecular flexibility index (Phi) is 4.73. The molecule has 0 aliphatic carbocycles. The summed E-state index contributed by atoms with van der Waals surface area (Å²) in [4.78, 5) is 12.2. The van der Waals surface area contributed by atoms with Crippen LogP contribution in [0.25, 0.3) is 0 Å². The van der Waals surface area contributed by atoms with Crippen molar-refractivity contribution in [3.63, 3.8) is 0 Å². The first kappa shape index (κ1) is 15.6. The topological polar surface area (TPSA) is 67.2 Å². The number of aryl methyl sites for hydroxylation is 2. The first-order valence-electron chi connectivity index (χ1n) is 6.26. The minimum atomic E-state index is -0.261. The fraction of sp³-hybridized carbons (Fsp3) is 0.133. The molecule has 0 saturated carbocycles. The van der Waals surface area contributed by atoms with Gasteiger partial charge in [-0.05, 0) is 55.3 Å². The first-order chi connectivity index (χ1) is 9.92. The number of nitrogens with two attached hydrogens (primary N) is 1. The van der Waals surface area contributed by atoms with Gasteiger partial charge in [0.05, 0.1) is 16.4 Å². The van der Waals surface area contributed by atoms with E-state index >= 15 is 0 Å². The van der Waals surface area contributed by atoms with Crippen LogP contribution in [0.4, 0.5) is 11.4 Å². The second-order valence-corrected chi connectivity index (χ2v) is 5.52. The number of rotatable bonds is 3. The molecule has 4 N–H and O–H groups in total. The van der Waals surface area contributed by atoms with E-state index in [9.17, 15) is 4.79 Å². The Morgan fingerprint density at radius 2 is 1.71 bits per heavy atom. The quantitative estimate of drug-likeness (QED) is 0.587. The van der Waals surface area contributed by atoms with Gasteiger partial charge in [-0.3, -0.25) is 10.6 Å². The van der Waals surface area contributed by atoms with Crippen LogP contribution < -0.4 is 16.6 Å². The maximum absolute atomic E-state index is 12.2.